The van der Waals surface area contributed by atoms with E-state index in [0.717, 1.165) is 6.07 Å². The van der Waals surface area contributed by atoms with E-state index < -0.39 is 11.9 Å². The maximum absolute atomic E-state index is 10.8. The molecule has 0 radical (unpaired) electrons. The minimum Gasteiger partial charge on any atom is -0.478 e. The van der Waals surface area contributed by atoms with E-state index >= 15 is 0 Å². The lowest BCUT2D eigenvalue weighted by molar-refractivity contribution is 0.0695. The first kappa shape index (κ1) is 11.2. The summed E-state index contributed by atoms with van der Waals surface area (Å²) in [5.41, 5.74) is 5.84. The summed E-state index contributed by atoms with van der Waals surface area (Å²) in [6.45, 7) is 0.326. The van der Waals surface area contributed by atoms with Gasteiger partial charge in [-0.15, -0.1) is 0 Å². The molecule has 0 spiro atoms. The second-order valence-corrected chi connectivity index (χ2v) is 3.02. The molecule has 0 aliphatic carbocycles. The van der Waals surface area contributed by atoms with E-state index in [1.54, 1.807) is 0 Å². The number of hydrogen-bond acceptors (Lipinski definition) is 3. The van der Waals surface area contributed by atoms with Crippen molar-refractivity contribution in [3.8, 4) is 0 Å². The molecular formula is C10H11NO4. The Hall–Kier alpha value is -1.88. The fraction of sp³-hybridized carbons (Fsp3) is 0.200. The SMILES string of the molecule is NCCc1ccc(C(=O)O)cc1C(=O)O. The number of aromatic carboxylic acids is 2. The lowest BCUT2D eigenvalue weighted by Crippen LogP contribution is -2.10. The van der Waals surface area contributed by atoms with Crippen molar-refractivity contribution < 1.29 is 19.8 Å². The molecule has 80 valence electrons. The minimum atomic E-state index is -1.14. The third kappa shape index (κ3) is 2.54. The van der Waals surface area contributed by atoms with Gasteiger partial charge in [0.2, 0.25) is 0 Å². The van der Waals surface area contributed by atoms with Crippen molar-refractivity contribution in [2.75, 3.05) is 6.54 Å². The number of hydrogen-bond donors (Lipinski definition) is 3. The van der Waals surface area contributed by atoms with E-state index in [-0.39, 0.29) is 11.1 Å². The number of carboxylic acids is 2. The van der Waals surface area contributed by atoms with E-state index in [2.05, 4.69) is 0 Å². The van der Waals surface area contributed by atoms with Crippen LogP contribution in [0.2, 0.25) is 0 Å². The number of nitrogens with two attached hydrogens (primary N) is 1. The summed E-state index contributed by atoms with van der Waals surface area (Å²) in [6, 6.07) is 4.01. The van der Waals surface area contributed by atoms with Crippen molar-refractivity contribution in [2.45, 2.75) is 6.42 Å². The molecule has 1 aromatic carbocycles. The van der Waals surface area contributed by atoms with Crippen LogP contribution in [0, 0.1) is 0 Å². The van der Waals surface area contributed by atoms with E-state index in [9.17, 15) is 9.59 Å². The highest BCUT2D eigenvalue weighted by Gasteiger charge is 2.12. The van der Waals surface area contributed by atoms with Gasteiger partial charge in [0.05, 0.1) is 11.1 Å². The van der Waals surface area contributed by atoms with Gasteiger partial charge in [0.25, 0.3) is 0 Å². The number of rotatable bonds is 4. The fourth-order valence-corrected chi connectivity index (χ4v) is 1.28. The normalized spacial score (nSPS) is 9.93. The predicted molar refractivity (Wildman–Crippen MR) is 53.1 cm³/mol. The zero-order chi connectivity index (χ0) is 11.4. The van der Waals surface area contributed by atoms with Crippen LogP contribution in [0.15, 0.2) is 18.2 Å². The summed E-state index contributed by atoms with van der Waals surface area (Å²) in [6.07, 6.45) is 0.418. The van der Waals surface area contributed by atoms with E-state index in [1.807, 2.05) is 0 Å². The van der Waals surface area contributed by atoms with Crippen molar-refractivity contribution in [3.05, 3.63) is 34.9 Å². The zero-order valence-electron chi connectivity index (χ0n) is 7.93. The molecule has 5 heteroatoms. The molecule has 0 saturated carbocycles. The van der Waals surface area contributed by atoms with Crippen molar-refractivity contribution in [3.63, 3.8) is 0 Å². The average molecular weight is 209 g/mol. The molecule has 0 aliphatic rings. The Morgan fingerprint density at radius 3 is 2.33 bits per heavy atom. The van der Waals surface area contributed by atoms with Crippen LogP contribution in [0.25, 0.3) is 0 Å². The fourth-order valence-electron chi connectivity index (χ4n) is 1.28. The first-order valence-electron chi connectivity index (χ1n) is 4.36. The lowest BCUT2D eigenvalue weighted by atomic mass is 10.0. The largest absolute Gasteiger partial charge is 0.478 e. The maximum Gasteiger partial charge on any atom is 0.335 e. The molecule has 0 atom stereocenters. The number of carbonyl (C=O) groups is 2. The Labute approximate surface area is 86.1 Å². The summed E-state index contributed by atoms with van der Waals surface area (Å²) >= 11 is 0. The average Bonchev–Trinajstić information content (AvgIpc) is 2.18. The van der Waals surface area contributed by atoms with Gasteiger partial charge >= 0.3 is 11.9 Å². The summed E-state index contributed by atoms with van der Waals surface area (Å²) in [7, 11) is 0. The molecule has 0 saturated heterocycles. The second-order valence-electron chi connectivity index (χ2n) is 3.02. The highest BCUT2D eigenvalue weighted by molar-refractivity contribution is 5.94. The van der Waals surface area contributed by atoms with Crippen LogP contribution >= 0.6 is 0 Å². The van der Waals surface area contributed by atoms with E-state index in [4.69, 9.17) is 15.9 Å². The monoisotopic (exact) mass is 209 g/mol. The number of carboxylic acid groups (broad SMARTS) is 2. The van der Waals surface area contributed by atoms with Gasteiger partial charge in [0.15, 0.2) is 0 Å². The van der Waals surface area contributed by atoms with Crippen LogP contribution in [-0.4, -0.2) is 28.7 Å². The summed E-state index contributed by atoms with van der Waals surface area (Å²) < 4.78 is 0. The van der Waals surface area contributed by atoms with Crippen molar-refractivity contribution in [1.82, 2.24) is 0 Å². The maximum atomic E-state index is 10.8. The van der Waals surface area contributed by atoms with Gasteiger partial charge < -0.3 is 15.9 Å². The second kappa shape index (κ2) is 4.56. The molecule has 15 heavy (non-hydrogen) atoms. The van der Waals surface area contributed by atoms with Gasteiger partial charge in [0, 0.05) is 0 Å². The molecule has 1 rings (SSSR count). The topological polar surface area (TPSA) is 101 Å². The summed E-state index contributed by atoms with van der Waals surface area (Å²) in [4.78, 5) is 21.5. The molecular weight excluding hydrogens is 198 g/mol. The molecule has 4 N–H and O–H groups in total. The predicted octanol–water partition coefficient (Wildman–Crippen LogP) is 0.584. The quantitative estimate of drug-likeness (QED) is 0.673. The van der Waals surface area contributed by atoms with Crippen LogP contribution in [-0.2, 0) is 6.42 Å². The van der Waals surface area contributed by atoms with E-state index in [1.165, 1.54) is 12.1 Å². The molecule has 1 aromatic rings. The van der Waals surface area contributed by atoms with Crippen LogP contribution in [0.1, 0.15) is 26.3 Å². The molecule has 0 heterocycles. The molecule has 5 nitrogen and oxygen atoms in total. The highest BCUT2D eigenvalue weighted by atomic mass is 16.4. The van der Waals surface area contributed by atoms with Gasteiger partial charge in [0.1, 0.15) is 0 Å². The minimum absolute atomic E-state index is 0.000324. The van der Waals surface area contributed by atoms with E-state index in [0.29, 0.717) is 18.5 Å². The number of benzene rings is 1. The van der Waals surface area contributed by atoms with Crippen LogP contribution in [0.4, 0.5) is 0 Å². The summed E-state index contributed by atoms with van der Waals surface area (Å²) in [5.74, 6) is -2.28. The van der Waals surface area contributed by atoms with Crippen molar-refractivity contribution in [2.24, 2.45) is 5.73 Å². The molecule has 0 fully saturated rings. The van der Waals surface area contributed by atoms with Crippen LogP contribution < -0.4 is 5.73 Å². The first-order valence-corrected chi connectivity index (χ1v) is 4.36. The Morgan fingerprint density at radius 1 is 1.20 bits per heavy atom. The Bertz CT molecular complexity index is 400. The Morgan fingerprint density at radius 2 is 1.87 bits per heavy atom. The van der Waals surface area contributed by atoms with Crippen LogP contribution in [0.3, 0.4) is 0 Å². The van der Waals surface area contributed by atoms with Gasteiger partial charge in [-0.3, -0.25) is 0 Å². The van der Waals surface area contributed by atoms with Crippen molar-refractivity contribution in [1.29, 1.82) is 0 Å². The van der Waals surface area contributed by atoms with Gasteiger partial charge in [-0.05, 0) is 30.7 Å². The summed E-state index contributed by atoms with van der Waals surface area (Å²) in [5, 5.41) is 17.6. The van der Waals surface area contributed by atoms with Crippen molar-refractivity contribution >= 4 is 11.9 Å². The lowest BCUT2D eigenvalue weighted by Gasteiger charge is -2.05. The molecule has 0 aromatic heterocycles. The third-order valence-electron chi connectivity index (χ3n) is 2.00. The van der Waals surface area contributed by atoms with Gasteiger partial charge in [-0.2, -0.15) is 0 Å². The Kier molecular flexibility index (Phi) is 3.41. The standard InChI is InChI=1S/C10H11NO4/c11-4-3-6-1-2-7(9(12)13)5-8(6)10(14)15/h1-2,5H,3-4,11H2,(H,12,13)(H,14,15). The molecule has 0 unspecified atom stereocenters. The Balaban J connectivity index is 3.20. The molecule has 0 bridgehead atoms. The first-order chi connectivity index (χ1) is 7.06. The van der Waals surface area contributed by atoms with Crippen LogP contribution in [0.5, 0.6) is 0 Å². The highest BCUT2D eigenvalue weighted by Crippen LogP contribution is 2.13. The van der Waals surface area contributed by atoms with Gasteiger partial charge in [-0.25, -0.2) is 9.59 Å². The van der Waals surface area contributed by atoms with Gasteiger partial charge in [-0.1, -0.05) is 6.07 Å². The zero-order valence-corrected chi connectivity index (χ0v) is 7.93. The third-order valence-corrected chi connectivity index (χ3v) is 2.00. The molecule has 0 aliphatic heterocycles. The smallest absolute Gasteiger partial charge is 0.335 e. The molecule has 0 amide bonds.